The van der Waals surface area contributed by atoms with Gasteiger partial charge in [-0.2, -0.15) is 11.8 Å². The number of nitrogens with one attached hydrogen (secondary N) is 2. The van der Waals surface area contributed by atoms with Crippen LogP contribution in [-0.4, -0.2) is 53.9 Å². The fraction of sp³-hybridized carbons (Fsp3) is 0.500. The van der Waals surface area contributed by atoms with Crippen molar-refractivity contribution in [2.24, 2.45) is 0 Å². The number of benzene rings is 1. The molecule has 25 heavy (non-hydrogen) atoms. The molecule has 0 spiro atoms. The fourth-order valence-corrected chi connectivity index (χ4v) is 3.16. The van der Waals surface area contributed by atoms with Crippen LogP contribution in [0.15, 0.2) is 30.3 Å². The number of amides is 4. The van der Waals surface area contributed by atoms with Crippen LogP contribution in [0.2, 0.25) is 0 Å². The minimum absolute atomic E-state index is 0.209. The molecule has 1 fully saturated rings. The molecule has 0 aliphatic carbocycles. The van der Waals surface area contributed by atoms with Gasteiger partial charge in [0, 0.05) is 6.54 Å². The number of aryl methyl sites for hydroxylation is 1. The van der Waals surface area contributed by atoms with E-state index in [0.717, 1.165) is 29.9 Å². The van der Waals surface area contributed by atoms with Crippen molar-refractivity contribution >= 4 is 29.6 Å². The Balaban J connectivity index is 1.64. The number of hydrogen-bond acceptors (Lipinski definition) is 4. The lowest BCUT2D eigenvalue weighted by atomic mass is 10.1. The number of rotatable bonds is 10. The Morgan fingerprint density at radius 1 is 1.24 bits per heavy atom. The Kier molecular flexibility index (Phi) is 7.78. The summed E-state index contributed by atoms with van der Waals surface area (Å²) in [5.74, 6) is 0.185. The molecule has 4 amide bonds. The predicted octanol–water partition coefficient (Wildman–Crippen LogP) is 1.80. The lowest BCUT2D eigenvalue weighted by Crippen LogP contribution is -2.41. The summed E-state index contributed by atoms with van der Waals surface area (Å²) < 4.78 is 0. The largest absolute Gasteiger partial charge is 0.355 e. The molecule has 0 bridgehead atoms. The zero-order valence-corrected chi connectivity index (χ0v) is 15.3. The first-order valence-electron chi connectivity index (χ1n) is 8.53. The molecule has 1 aromatic rings. The van der Waals surface area contributed by atoms with Crippen molar-refractivity contribution in [3.8, 4) is 0 Å². The average molecular weight is 363 g/mol. The number of unbranched alkanes of at least 4 members (excludes halogenated alkanes) is 1. The van der Waals surface area contributed by atoms with Gasteiger partial charge in [-0.3, -0.25) is 14.5 Å². The third-order valence-electron chi connectivity index (χ3n) is 4.08. The number of nitrogens with zero attached hydrogens (tertiary/aromatic N) is 1. The maximum atomic E-state index is 12.1. The molecule has 0 unspecified atom stereocenters. The first-order valence-corrected chi connectivity index (χ1v) is 9.92. The van der Waals surface area contributed by atoms with Crippen LogP contribution in [0.5, 0.6) is 0 Å². The zero-order chi connectivity index (χ0) is 18.1. The summed E-state index contributed by atoms with van der Waals surface area (Å²) in [6.07, 6.45) is 5.34. The average Bonchev–Trinajstić information content (AvgIpc) is 2.88. The van der Waals surface area contributed by atoms with Crippen LogP contribution in [0.1, 0.15) is 24.8 Å². The van der Waals surface area contributed by atoms with Crippen LogP contribution in [-0.2, 0) is 16.0 Å². The van der Waals surface area contributed by atoms with Crippen LogP contribution >= 0.6 is 11.8 Å². The molecule has 1 atom stereocenters. The lowest BCUT2D eigenvalue weighted by Gasteiger charge is -2.13. The molecule has 1 saturated heterocycles. The molecule has 0 aromatic heterocycles. The summed E-state index contributed by atoms with van der Waals surface area (Å²) >= 11 is 1.62. The first-order chi connectivity index (χ1) is 12.1. The zero-order valence-electron chi connectivity index (χ0n) is 14.5. The monoisotopic (exact) mass is 363 g/mol. The van der Waals surface area contributed by atoms with Crippen molar-refractivity contribution in [2.75, 3.05) is 25.1 Å². The Hall–Kier alpha value is -2.02. The second-order valence-electron chi connectivity index (χ2n) is 6.00. The smallest absolute Gasteiger partial charge is 0.325 e. The number of urea groups is 1. The molecular weight excluding hydrogens is 338 g/mol. The van der Waals surface area contributed by atoms with Gasteiger partial charge in [-0.05, 0) is 43.3 Å². The summed E-state index contributed by atoms with van der Waals surface area (Å²) in [5.41, 5.74) is 1.28. The summed E-state index contributed by atoms with van der Waals surface area (Å²) in [5, 5.41) is 5.41. The van der Waals surface area contributed by atoms with Gasteiger partial charge in [0.2, 0.25) is 5.91 Å². The van der Waals surface area contributed by atoms with Crippen molar-refractivity contribution in [1.82, 2.24) is 15.5 Å². The molecule has 1 aromatic carbocycles. The number of imide groups is 1. The molecule has 2 rings (SSSR count). The van der Waals surface area contributed by atoms with Crippen molar-refractivity contribution < 1.29 is 14.4 Å². The second-order valence-corrected chi connectivity index (χ2v) is 6.99. The van der Waals surface area contributed by atoms with Gasteiger partial charge in [-0.1, -0.05) is 30.3 Å². The SMILES string of the molecule is CSCC[C@@H]1NC(=O)N(CC(=O)NCCCCc2ccccc2)C1=O. The van der Waals surface area contributed by atoms with Gasteiger partial charge in [-0.25, -0.2) is 4.79 Å². The van der Waals surface area contributed by atoms with E-state index in [1.54, 1.807) is 11.8 Å². The molecule has 1 aliphatic heterocycles. The molecular formula is C18H25N3O3S. The van der Waals surface area contributed by atoms with Crippen LogP contribution in [0.4, 0.5) is 4.79 Å². The highest BCUT2D eigenvalue weighted by Crippen LogP contribution is 2.11. The van der Waals surface area contributed by atoms with E-state index in [1.165, 1.54) is 5.56 Å². The highest BCUT2D eigenvalue weighted by molar-refractivity contribution is 7.98. The minimum atomic E-state index is -0.501. The van der Waals surface area contributed by atoms with Crippen molar-refractivity contribution in [1.29, 1.82) is 0 Å². The topological polar surface area (TPSA) is 78.5 Å². The normalized spacial score (nSPS) is 16.8. The third-order valence-corrected chi connectivity index (χ3v) is 4.72. The summed E-state index contributed by atoms with van der Waals surface area (Å²) in [7, 11) is 0. The molecule has 6 nitrogen and oxygen atoms in total. The summed E-state index contributed by atoms with van der Waals surface area (Å²) in [6, 6.07) is 9.22. The molecule has 136 valence electrons. The first kappa shape index (κ1) is 19.3. The van der Waals surface area contributed by atoms with E-state index in [-0.39, 0.29) is 18.4 Å². The van der Waals surface area contributed by atoms with Crippen LogP contribution < -0.4 is 10.6 Å². The summed E-state index contributed by atoms with van der Waals surface area (Å²) in [4.78, 5) is 36.9. The van der Waals surface area contributed by atoms with Gasteiger partial charge in [0.1, 0.15) is 12.6 Å². The third kappa shape index (κ3) is 6.08. The summed E-state index contributed by atoms with van der Waals surface area (Å²) in [6.45, 7) is 0.338. The van der Waals surface area contributed by atoms with Crippen LogP contribution in [0, 0.1) is 0 Å². The number of thioether (sulfide) groups is 1. The van der Waals surface area contributed by atoms with E-state index < -0.39 is 12.1 Å². The number of carbonyl (C=O) groups excluding carboxylic acids is 3. The molecule has 1 aliphatic rings. The molecule has 1 heterocycles. The molecule has 0 radical (unpaired) electrons. The molecule has 7 heteroatoms. The van der Waals surface area contributed by atoms with Gasteiger partial charge in [0.05, 0.1) is 0 Å². The van der Waals surface area contributed by atoms with Crippen LogP contribution in [0.25, 0.3) is 0 Å². The highest BCUT2D eigenvalue weighted by Gasteiger charge is 2.38. The Bertz CT molecular complexity index is 594. The maximum absolute atomic E-state index is 12.1. The number of hydrogen-bond donors (Lipinski definition) is 2. The van der Waals surface area contributed by atoms with Crippen molar-refractivity contribution in [2.45, 2.75) is 31.7 Å². The van der Waals surface area contributed by atoms with Crippen molar-refractivity contribution in [3.05, 3.63) is 35.9 Å². The van der Waals surface area contributed by atoms with Gasteiger partial charge in [-0.15, -0.1) is 0 Å². The molecule has 0 saturated carbocycles. The second kappa shape index (κ2) is 10.1. The van der Waals surface area contributed by atoms with E-state index >= 15 is 0 Å². The minimum Gasteiger partial charge on any atom is -0.355 e. The van der Waals surface area contributed by atoms with E-state index in [0.29, 0.717) is 13.0 Å². The predicted molar refractivity (Wildman–Crippen MR) is 99.4 cm³/mol. The van der Waals surface area contributed by atoms with E-state index in [2.05, 4.69) is 22.8 Å². The van der Waals surface area contributed by atoms with Crippen molar-refractivity contribution in [3.63, 3.8) is 0 Å². The fourth-order valence-electron chi connectivity index (χ4n) is 2.68. The van der Waals surface area contributed by atoms with Gasteiger partial charge in [0.25, 0.3) is 5.91 Å². The lowest BCUT2D eigenvalue weighted by molar-refractivity contribution is -0.132. The van der Waals surface area contributed by atoms with Gasteiger partial charge >= 0.3 is 6.03 Å². The quantitative estimate of drug-likeness (QED) is 0.491. The van der Waals surface area contributed by atoms with E-state index in [4.69, 9.17) is 0 Å². The maximum Gasteiger partial charge on any atom is 0.325 e. The standard InChI is InChI=1S/C18H25N3O3S/c1-25-12-10-15-17(23)21(18(24)20-15)13-16(22)19-11-6-5-9-14-7-3-2-4-8-14/h2-4,7-8,15H,5-6,9-13H2,1H3,(H,19,22)(H,20,24)/t15-/m0/s1. The van der Waals surface area contributed by atoms with Gasteiger partial charge in [0.15, 0.2) is 0 Å². The highest BCUT2D eigenvalue weighted by atomic mass is 32.2. The van der Waals surface area contributed by atoms with E-state index in [9.17, 15) is 14.4 Å². The Labute approximate surface area is 152 Å². The Morgan fingerprint density at radius 2 is 2.00 bits per heavy atom. The van der Waals surface area contributed by atoms with E-state index in [1.807, 2.05) is 24.5 Å². The molecule has 2 N–H and O–H groups in total. The van der Waals surface area contributed by atoms with Gasteiger partial charge < -0.3 is 10.6 Å². The number of carbonyl (C=O) groups is 3. The Morgan fingerprint density at radius 3 is 2.72 bits per heavy atom. The van der Waals surface area contributed by atoms with Crippen LogP contribution in [0.3, 0.4) is 0 Å².